The summed E-state index contributed by atoms with van der Waals surface area (Å²) in [7, 11) is 0. The minimum atomic E-state index is -0.518. The molecule has 0 saturated carbocycles. The number of carbonyl (C=O) groups is 2. The molecule has 2 amide bonds. The van der Waals surface area contributed by atoms with Gasteiger partial charge in [-0.15, -0.1) is 11.3 Å². The number of aromatic nitrogens is 1. The van der Waals surface area contributed by atoms with Crippen molar-refractivity contribution in [2.24, 2.45) is 0 Å². The highest BCUT2D eigenvalue weighted by Crippen LogP contribution is 2.30. The normalized spacial score (nSPS) is 12.8. The Kier molecular flexibility index (Phi) is 5.03. The number of amides is 2. The molecule has 4 rings (SSSR count). The summed E-state index contributed by atoms with van der Waals surface area (Å²) in [5.41, 5.74) is 3.53. The smallest absolute Gasteiger partial charge is 0.264 e. The van der Waals surface area contributed by atoms with Gasteiger partial charge in [0.1, 0.15) is 0 Å². The summed E-state index contributed by atoms with van der Waals surface area (Å²) in [6, 6.07) is 11.7. The van der Waals surface area contributed by atoms with Crippen molar-refractivity contribution in [3.05, 3.63) is 59.2 Å². The Balaban J connectivity index is 1.40. The third-order valence-electron chi connectivity index (χ3n) is 4.24. The van der Waals surface area contributed by atoms with Gasteiger partial charge in [-0.25, -0.2) is 9.37 Å². The molecule has 2 N–H and O–H groups in total. The topological polar surface area (TPSA) is 80.3 Å². The van der Waals surface area contributed by atoms with Gasteiger partial charge in [0.2, 0.25) is 5.91 Å². The molecule has 0 saturated heterocycles. The molecule has 0 bridgehead atoms. The fourth-order valence-electron chi connectivity index (χ4n) is 2.87. The van der Waals surface area contributed by atoms with E-state index in [4.69, 9.17) is 4.74 Å². The van der Waals surface area contributed by atoms with Gasteiger partial charge in [-0.3, -0.25) is 14.9 Å². The summed E-state index contributed by atoms with van der Waals surface area (Å²) in [4.78, 5) is 27.9. The Labute approximate surface area is 164 Å². The molecule has 1 aliphatic heterocycles. The molecule has 0 aliphatic carbocycles. The number of hydrogen-bond donors (Lipinski definition) is 2. The van der Waals surface area contributed by atoms with Crippen molar-refractivity contribution < 1.29 is 18.7 Å². The standard InChI is InChI=1S/C20H16FN3O3S/c21-14-3-1-2-4-17(14)27-10-19(26)24-20-23-16(11-28-20)13-5-7-15-12(9-13)6-8-18(25)22-15/h1-5,7,9,11H,6,8,10H2,(H,22,25)(H,23,24,26). The van der Waals surface area contributed by atoms with Crippen LogP contribution in [-0.4, -0.2) is 23.4 Å². The van der Waals surface area contributed by atoms with Crippen molar-refractivity contribution in [3.8, 4) is 17.0 Å². The Morgan fingerprint density at radius 2 is 2.11 bits per heavy atom. The van der Waals surface area contributed by atoms with Crippen molar-refractivity contribution in [2.45, 2.75) is 12.8 Å². The number of rotatable bonds is 5. The number of nitrogens with one attached hydrogen (secondary N) is 2. The van der Waals surface area contributed by atoms with Crippen LogP contribution >= 0.6 is 11.3 Å². The number of benzene rings is 2. The number of para-hydroxylation sites is 1. The highest BCUT2D eigenvalue weighted by molar-refractivity contribution is 7.14. The lowest BCUT2D eigenvalue weighted by atomic mass is 9.99. The van der Waals surface area contributed by atoms with Gasteiger partial charge in [-0.2, -0.15) is 0 Å². The lowest BCUT2D eigenvalue weighted by Crippen LogP contribution is -2.20. The van der Waals surface area contributed by atoms with Crippen LogP contribution in [0.3, 0.4) is 0 Å². The Morgan fingerprint density at radius 3 is 2.96 bits per heavy atom. The summed E-state index contributed by atoms with van der Waals surface area (Å²) in [6.07, 6.45) is 1.16. The molecule has 28 heavy (non-hydrogen) atoms. The summed E-state index contributed by atoms with van der Waals surface area (Å²) < 4.78 is 18.7. The van der Waals surface area contributed by atoms with Crippen LogP contribution in [0.15, 0.2) is 47.8 Å². The third-order valence-corrected chi connectivity index (χ3v) is 5.00. The quantitative estimate of drug-likeness (QED) is 0.685. The van der Waals surface area contributed by atoms with Crippen LogP contribution in [0.5, 0.6) is 5.75 Å². The average Bonchev–Trinajstić information content (AvgIpc) is 3.15. The lowest BCUT2D eigenvalue weighted by molar-refractivity contribution is -0.118. The SMILES string of the molecule is O=C(COc1ccccc1F)Nc1nc(-c2ccc3c(c2)CCC(=O)N3)cs1. The van der Waals surface area contributed by atoms with Crippen molar-refractivity contribution in [3.63, 3.8) is 0 Å². The number of anilines is 2. The van der Waals surface area contributed by atoms with Gasteiger partial charge >= 0.3 is 0 Å². The van der Waals surface area contributed by atoms with Crippen LogP contribution in [-0.2, 0) is 16.0 Å². The molecule has 142 valence electrons. The van der Waals surface area contributed by atoms with E-state index in [1.54, 1.807) is 12.1 Å². The molecule has 0 radical (unpaired) electrons. The monoisotopic (exact) mass is 397 g/mol. The maximum absolute atomic E-state index is 13.5. The van der Waals surface area contributed by atoms with Gasteiger partial charge in [-0.05, 0) is 36.2 Å². The summed E-state index contributed by atoms with van der Waals surface area (Å²) >= 11 is 1.29. The van der Waals surface area contributed by atoms with E-state index < -0.39 is 11.7 Å². The molecule has 2 heterocycles. The third kappa shape index (κ3) is 4.01. The first-order valence-electron chi connectivity index (χ1n) is 8.64. The first kappa shape index (κ1) is 18.1. The molecule has 8 heteroatoms. The van der Waals surface area contributed by atoms with Gasteiger partial charge in [0.05, 0.1) is 5.69 Å². The zero-order valence-electron chi connectivity index (χ0n) is 14.7. The number of ether oxygens (including phenoxy) is 1. The van der Waals surface area contributed by atoms with E-state index in [-0.39, 0.29) is 18.3 Å². The predicted octanol–water partition coefficient (Wildman–Crippen LogP) is 3.85. The van der Waals surface area contributed by atoms with Gasteiger partial charge in [0.15, 0.2) is 23.3 Å². The fraction of sp³-hybridized carbons (Fsp3) is 0.150. The number of carbonyl (C=O) groups excluding carboxylic acids is 2. The molecule has 6 nitrogen and oxygen atoms in total. The van der Waals surface area contributed by atoms with Gasteiger partial charge in [-0.1, -0.05) is 18.2 Å². The summed E-state index contributed by atoms with van der Waals surface area (Å²) in [6.45, 7) is -0.311. The van der Waals surface area contributed by atoms with Crippen LogP contribution in [0.1, 0.15) is 12.0 Å². The largest absolute Gasteiger partial charge is 0.481 e. The molecular weight excluding hydrogens is 381 g/mol. The second-order valence-electron chi connectivity index (χ2n) is 6.23. The zero-order chi connectivity index (χ0) is 19.5. The molecule has 1 aliphatic rings. The number of nitrogens with zero attached hydrogens (tertiary/aromatic N) is 1. The molecule has 3 aromatic rings. The molecule has 1 aromatic heterocycles. The summed E-state index contributed by atoms with van der Waals surface area (Å²) in [5, 5.41) is 7.78. The number of halogens is 1. The summed E-state index contributed by atoms with van der Waals surface area (Å²) in [5.74, 6) is -0.886. The van der Waals surface area contributed by atoms with E-state index in [9.17, 15) is 14.0 Å². The van der Waals surface area contributed by atoms with Crippen molar-refractivity contribution in [2.75, 3.05) is 17.2 Å². The Morgan fingerprint density at radius 1 is 1.25 bits per heavy atom. The van der Waals surface area contributed by atoms with Crippen LogP contribution in [0.2, 0.25) is 0 Å². The number of aryl methyl sites for hydroxylation is 1. The van der Waals surface area contributed by atoms with E-state index in [1.165, 1.54) is 23.5 Å². The zero-order valence-corrected chi connectivity index (χ0v) is 15.5. The van der Waals surface area contributed by atoms with Gasteiger partial charge in [0, 0.05) is 23.1 Å². The minimum absolute atomic E-state index is 0.0245. The highest BCUT2D eigenvalue weighted by atomic mass is 32.1. The van der Waals surface area contributed by atoms with E-state index in [1.807, 2.05) is 23.6 Å². The van der Waals surface area contributed by atoms with Crippen molar-refractivity contribution in [1.82, 2.24) is 4.98 Å². The Bertz CT molecular complexity index is 1050. The molecule has 2 aromatic carbocycles. The maximum Gasteiger partial charge on any atom is 0.264 e. The van der Waals surface area contributed by atoms with E-state index in [0.29, 0.717) is 18.0 Å². The van der Waals surface area contributed by atoms with Crippen LogP contribution in [0, 0.1) is 5.82 Å². The fourth-order valence-corrected chi connectivity index (χ4v) is 3.60. The van der Waals surface area contributed by atoms with Crippen LogP contribution < -0.4 is 15.4 Å². The van der Waals surface area contributed by atoms with Crippen molar-refractivity contribution >= 4 is 34.0 Å². The second-order valence-corrected chi connectivity index (χ2v) is 7.08. The lowest BCUT2D eigenvalue weighted by Gasteiger charge is -2.17. The molecule has 0 fully saturated rings. The molecule has 0 atom stereocenters. The second kappa shape index (κ2) is 7.77. The molecule has 0 spiro atoms. The number of thiazole rings is 1. The maximum atomic E-state index is 13.5. The highest BCUT2D eigenvalue weighted by Gasteiger charge is 2.16. The first-order chi connectivity index (χ1) is 13.6. The predicted molar refractivity (Wildman–Crippen MR) is 105 cm³/mol. The van der Waals surface area contributed by atoms with Crippen LogP contribution in [0.25, 0.3) is 11.3 Å². The van der Waals surface area contributed by atoms with Gasteiger partial charge < -0.3 is 10.1 Å². The average molecular weight is 397 g/mol. The molecule has 0 unspecified atom stereocenters. The van der Waals surface area contributed by atoms with E-state index >= 15 is 0 Å². The molecular formula is C20H16FN3O3S. The van der Waals surface area contributed by atoms with Crippen LogP contribution in [0.4, 0.5) is 15.2 Å². The van der Waals surface area contributed by atoms with Gasteiger partial charge in [0.25, 0.3) is 5.91 Å². The Hall–Kier alpha value is -3.26. The number of hydrogen-bond acceptors (Lipinski definition) is 5. The van der Waals surface area contributed by atoms with E-state index in [2.05, 4.69) is 15.6 Å². The number of fused-ring (bicyclic) bond motifs is 1. The first-order valence-corrected chi connectivity index (χ1v) is 9.52. The van der Waals surface area contributed by atoms with E-state index in [0.717, 1.165) is 22.5 Å². The minimum Gasteiger partial charge on any atom is -0.481 e. The van der Waals surface area contributed by atoms with Crippen molar-refractivity contribution in [1.29, 1.82) is 0 Å².